The lowest BCUT2D eigenvalue weighted by Gasteiger charge is -2.12. The minimum Gasteiger partial charge on any atom is -0.269 e. The number of rotatable bonds is 4. The Bertz CT molecular complexity index is 1080. The summed E-state index contributed by atoms with van der Waals surface area (Å²) in [6.45, 7) is 8.38. The molecule has 5 nitrogen and oxygen atoms in total. The highest BCUT2D eigenvalue weighted by Crippen LogP contribution is 2.28. The van der Waals surface area contributed by atoms with Gasteiger partial charge in [-0.1, -0.05) is 24.2 Å². The van der Waals surface area contributed by atoms with Crippen molar-refractivity contribution in [1.82, 2.24) is 19.2 Å². The first-order chi connectivity index (χ1) is 12.1. The second-order valence-corrected chi connectivity index (χ2v) is 6.71. The predicted molar refractivity (Wildman–Crippen MR) is 96.8 cm³/mol. The van der Waals surface area contributed by atoms with E-state index >= 15 is 0 Å². The number of hydrogen-bond donors (Lipinski definition) is 0. The van der Waals surface area contributed by atoms with E-state index in [1.54, 1.807) is 6.07 Å². The molecule has 0 amide bonds. The van der Waals surface area contributed by atoms with Crippen LogP contribution in [0.3, 0.4) is 0 Å². The second-order valence-electron chi connectivity index (χ2n) is 6.32. The quantitative estimate of drug-likeness (QED) is 0.688. The molecule has 0 radical (unpaired) electrons. The van der Waals surface area contributed by atoms with Crippen LogP contribution in [0.4, 0.5) is 8.78 Å². The summed E-state index contributed by atoms with van der Waals surface area (Å²) < 4.78 is 29.5. The molecule has 0 N–H and O–H groups in total. The maximum atomic E-state index is 13.4. The van der Waals surface area contributed by atoms with E-state index in [-0.39, 0.29) is 17.3 Å². The van der Waals surface area contributed by atoms with E-state index in [1.165, 1.54) is 15.1 Å². The van der Waals surface area contributed by atoms with Crippen molar-refractivity contribution in [1.29, 1.82) is 0 Å². The van der Waals surface area contributed by atoms with Crippen molar-refractivity contribution in [2.45, 2.75) is 33.2 Å². The molecule has 0 aromatic carbocycles. The van der Waals surface area contributed by atoms with Crippen LogP contribution < -0.4 is 5.56 Å². The number of alkyl halides is 2. The Morgan fingerprint density at radius 2 is 2.04 bits per heavy atom. The number of nitrogens with zero attached hydrogens (tertiary/aromatic N) is 4. The van der Waals surface area contributed by atoms with Gasteiger partial charge in [0, 0.05) is 19.1 Å². The Kier molecular flexibility index (Phi) is 4.44. The van der Waals surface area contributed by atoms with Crippen molar-refractivity contribution in [3.05, 3.63) is 69.0 Å². The fraction of sp³-hybridized carbons (Fsp3) is 0.278. The van der Waals surface area contributed by atoms with Crippen molar-refractivity contribution < 1.29 is 8.78 Å². The predicted octanol–water partition coefficient (Wildman–Crippen LogP) is 4.05. The molecular weight excluding hydrogens is 362 g/mol. The van der Waals surface area contributed by atoms with E-state index in [0.29, 0.717) is 17.0 Å². The first-order valence-electron chi connectivity index (χ1n) is 7.88. The lowest BCUT2D eigenvalue weighted by molar-refractivity contribution is 0.0121. The zero-order chi connectivity index (χ0) is 19.2. The number of fused-ring (bicyclic) bond motifs is 1. The van der Waals surface area contributed by atoms with Gasteiger partial charge in [-0.2, -0.15) is 13.9 Å². The highest BCUT2D eigenvalue weighted by atomic mass is 35.5. The van der Waals surface area contributed by atoms with Crippen LogP contribution in [0.15, 0.2) is 35.6 Å². The fourth-order valence-electron chi connectivity index (χ4n) is 2.82. The van der Waals surface area contributed by atoms with Gasteiger partial charge in [0.1, 0.15) is 16.5 Å². The van der Waals surface area contributed by atoms with Gasteiger partial charge in [-0.05, 0) is 31.1 Å². The third kappa shape index (κ3) is 3.26. The standard InChI is InChI=1S/C18H17ClF2N4O/c1-10(2)17-11(3)5-6-15-22-12(7-16(26)25(15)17)9-24-14(19)8-13(23-24)18(4,20)21/h5-8H,1,9H2,2-4H3. The summed E-state index contributed by atoms with van der Waals surface area (Å²) in [6, 6.07) is 6.04. The van der Waals surface area contributed by atoms with Gasteiger partial charge < -0.3 is 0 Å². The van der Waals surface area contributed by atoms with Gasteiger partial charge in [0.05, 0.1) is 17.9 Å². The molecule has 3 heterocycles. The Labute approximate surface area is 153 Å². The molecule has 8 heteroatoms. The number of pyridine rings is 1. The molecule has 0 bridgehead atoms. The van der Waals surface area contributed by atoms with Gasteiger partial charge in [0.15, 0.2) is 0 Å². The molecule has 3 rings (SSSR count). The topological polar surface area (TPSA) is 52.2 Å². The lowest BCUT2D eigenvalue weighted by Crippen LogP contribution is -2.20. The van der Waals surface area contributed by atoms with Crippen LogP contribution in [0, 0.1) is 6.92 Å². The van der Waals surface area contributed by atoms with Gasteiger partial charge in [0.2, 0.25) is 0 Å². The van der Waals surface area contributed by atoms with Crippen molar-refractivity contribution in [3.63, 3.8) is 0 Å². The first-order valence-corrected chi connectivity index (χ1v) is 8.25. The van der Waals surface area contributed by atoms with E-state index in [9.17, 15) is 13.6 Å². The Morgan fingerprint density at radius 3 is 2.62 bits per heavy atom. The SMILES string of the molecule is C=C(C)c1c(C)ccc2nc(Cn3nc(C(C)(F)F)cc3Cl)cc(=O)n12. The number of allylic oxidation sites excluding steroid dienone is 1. The summed E-state index contributed by atoms with van der Waals surface area (Å²) in [5.74, 6) is -3.10. The minimum absolute atomic E-state index is 0.0108. The molecule has 0 unspecified atom stereocenters. The van der Waals surface area contributed by atoms with Crippen molar-refractivity contribution in [2.75, 3.05) is 0 Å². The Balaban J connectivity index is 2.09. The second kappa shape index (κ2) is 6.32. The zero-order valence-electron chi connectivity index (χ0n) is 14.6. The van der Waals surface area contributed by atoms with Crippen LogP contribution >= 0.6 is 11.6 Å². The molecule has 0 saturated heterocycles. The molecule has 0 spiro atoms. The molecule has 0 aliphatic carbocycles. The number of hydrogen-bond acceptors (Lipinski definition) is 3. The lowest BCUT2D eigenvalue weighted by atomic mass is 10.1. The van der Waals surface area contributed by atoms with E-state index in [4.69, 9.17) is 11.6 Å². The van der Waals surface area contributed by atoms with Crippen LogP contribution in [-0.4, -0.2) is 19.2 Å². The maximum Gasteiger partial charge on any atom is 0.288 e. The van der Waals surface area contributed by atoms with Gasteiger partial charge in [0.25, 0.3) is 11.5 Å². The molecule has 26 heavy (non-hydrogen) atoms. The molecule has 0 aliphatic rings. The highest BCUT2D eigenvalue weighted by Gasteiger charge is 2.29. The Hall–Kier alpha value is -2.54. The number of aryl methyl sites for hydroxylation is 1. The molecular formula is C18H17ClF2N4O. The third-order valence-corrected chi connectivity index (χ3v) is 4.28. The van der Waals surface area contributed by atoms with Crippen LogP contribution in [0.1, 0.15) is 36.5 Å². The number of aromatic nitrogens is 4. The number of halogens is 3. The average molecular weight is 379 g/mol. The molecule has 3 aromatic heterocycles. The summed E-state index contributed by atoms with van der Waals surface area (Å²) in [7, 11) is 0. The normalized spacial score (nSPS) is 11.9. The molecule has 3 aromatic rings. The highest BCUT2D eigenvalue weighted by molar-refractivity contribution is 6.29. The van der Waals surface area contributed by atoms with Gasteiger partial charge in [-0.3, -0.25) is 9.20 Å². The largest absolute Gasteiger partial charge is 0.288 e. The molecule has 136 valence electrons. The van der Waals surface area contributed by atoms with E-state index in [2.05, 4.69) is 16.7 Å². The molecule has 0 atom stereocenters. The van der Waals surface area contributed by atoms with E-state index < -0.39 is 11.6 Å². The van der Waals surface area contributed by atoms with Crippen LogP contribution in [-0.2, 0) is 12.5 Å². The van der Waals surface area contributed by atoms with Gasteiger partial charge in [-0.15, -0.1) is 0 Å². The summed E-state index contributed by atoms with van der Waals surface area (Å²) in [5.41, 5.74) is 2.47. The van der Waals surface area contributed by atoms with E-state index in [0.717, 1.165) is 24.1 Å². The first kappa shape index (κ1) is 18.3. The molecule has 0 fully saturated rings. The monoisotopic (exact) mass is 378 g/mol. The third-order valence-electron chi connectivity index (χ3n) is 3.97. The van der Waals surface area contributed by atoms with Crippen LogP contribution in [0.25, 0.3) is 11.2 Å². The maximum absolute atomic E-state index is 13.4. The van der Waals surface area contributed by atoms with E-state index in [1.807, 2.05) is 19.9 Å². The van der Waals surface area contributed by atoms with Crippen LogP contribution in [0.2, 0.25) is 5.15 Å². The zero-order valence-corrected chi connectivity index (χ0v) is 15.3. The smallest absolute Gasteiger partial charge is 0.269 e. The van der Waals surface area contributed by atoms with Crippen molar-refractivity contribution >= 4 is 22.8 Å². The van der Waals surface area contributed by atoms with Gasteiger partial charge >= 0.3 is 0 Å². The summed E-state index contributed by atoms with van der Waals surface area (Å²) in [6.07, 6.45) is 0. The average Bonchev–Trinajstić information content (AvgIpc) is 2.88. The van der Waals surface area contributed by atoms with Crippen molar-refractivity contribution in [3.8, 4) is 0 Å². The fourth-order valence-corrected chi connectivity index (χ4v) is 3.02. The summed E-state index contributed by atoms with van der Waals surface area (Å²) >= 11 is 5.99. The Morgan fingerprint density at radius 1 is 1.35 bits per heavy atom. The summed E-state index contributed by atoms with van der Waals surface area (Å²) in [5, 5.41) is 3.87. The summed E-state index contributed by atoms with van der Waals surface area (Å²) in [4.78, 5) is 17.1. The molecule has 0 saturated carbocycles. The van der Waals surface area contributed by atoms with Crippen LogP contribution in [0.5, 0.6) is 0 Å². The minimum atomic E-state index is -3.10. The van der Waals surface area contributed by atoms with Gasteiger partial charge in [-0.25, -0.2) is 9.67 Å². The van der Waals surface area contributed by atoms with Crippen molar-refractivity contribution in [2.24, 2.45) is 0 Å². The molecule has 0 aliphatic heterocycles.